The van der Waals surface area contributed by atoms with Crippen molar-refractivity contribution in [1.29, 1.82) is 0 Å². The van der Waals surface area contributed by atoms with E-state index in [2.05, 4.69) is 37.5 Å². The van der Waals surface area contributed by atoms with E-state index in [0.29, 0.717) is 5.75 Å². The second kappa shape index (κ2) is 5.79. The van der Waals surface area contributed by atoms with Gasteiger partial charge in [0.05, 0.1) is 25.6 Å². The third-order valence-corrected chi connectivity index (χ3v) is 4.80. The van der Waals surface area contributed by atoms with Crippen LogP contribution < -0.4 is 14.8 Å². The largest absolute Gasteiger partial charge is 0.493 e. The molecular formula is C18H16BrN3O2. The monoisotopic (exact) mass is 385 g/mol. The lowest BCUT2D eigenvalue weighted by Gasteiger charge is -2.07. The lowest BCUT2D eigenvalue weighted by Crippen LogP contribution is -1.92. The Kier molecular flexibility index (Phi) is 3.61. The Balaban J connectivity index is 1.81. The first kappa shape index (κ1) is 15.0. The zero-order chi connectivity index (χ0) is 16.7. The second-order valence-electron chi connectivity index (χ2n) is 5.46. The van der Waals surface area contributed by atoms with Gasteiger partial charge in [0.25, 0.3) is 0 Å². The standard InChI is InChI=1S/C18H16BrN3O2/c1-23-15-8-10-7-12-17(11(10)9-16(15)24-2)21-22-18(12)20-14-6-4-3-5-13(14)19/h3-9,20-22H,1-2H3. The molecule has 0 unspecified atom stereocenters. The Labute approximate surface area is 147 Å². The average Bonchev–Trinajstić information content (AvgIpc) is 3.15. The van der Waals surface area contributed by atoms with Gasteiger partial charge in [0.1, 0.15) is 5.82 Å². The number of halogens is 1. The molecule has 1 heterocycles. The predicted molar refractivity (Wildman–Crippen MR) is 99.8 cm³/mol. The first-order valence-electron chi connectivity index (χ1n) is 7.47. The molecule has 1 aliphatic carbocycles. The van der Waals surface area contributed by atoms with Crippen LogP contribution in [0, 0.1) is 0 Å². The number of para-hydroxylation sites is 1. The van der Waals surface area contributed by atoms with Crippen LogP contribution in [-0.4, -0.2) is 24.4 Å². The fourth-order valence-corrected chi connectivity index (χ4v) is 3.31. The van der Waals surface area contributed by atoms with Gasteiger partial charge in [-0.3, -0.25) is 10.2 Å². The van der Waals surface area contributed by atoms with Crippen LogP contribution in [0.3, 0.4) is 0 Å². The fraction of sp³-hybridized carbons (Fsp3) is 0.111. The molecule has 3 N–H and O–H groups in total. The van der Waals surface area contributed by atoms with Crippen LogP contribution in [0.15, 0.2) is 46.9 Å². The Morgan fingerprint density at radius 1 is 0.958 bits per heavy atom. The molecule has 0 saturated heterocycles. The summed E-state index contributed by atoms with van der Waals surface area (Å²) in [5.74, 6) is 2.35. The quantitative estimate of drug-likeness (QED) is 0.456. The number of ether oxygens (including phenoxy) is 2. The van der Waals surface area contributed by atoms with Crippen LogP contribution in [0.5, 0.6) is 11.5 Å². The maximum absolute atomic E-state index is 5.41. The number of hydrogen-bond donors (Lipinski definition) is 3. The Bertz CT molecular complexity index is 989. The van der Waals surface area contributed by atoms with E-state index in [9.17, 15) is 0 Å². The van der Waals surface area contributed by atoms with Crippen molar-refractivity contribution in [3.05, 3.63) is 46.9 Å². The lowest BCUT2D eigenvalue weighted by molar-refractivity contribution is 0.356. The first-order valence-corrected chi connectivity index (χ1v) is 8.27. The SMILES string of the molecule is COc1cc2cc3c(Nc4ccccc4Br)[nH][nH]c-3c2cc1OC. The molecule has 5 nitrogen and oxygen atoms in total. The highest BCUT2D eigenvalue weighted by molar-refractivity contribution is 9.10. The van der Waals surface area contributed by atoms with Gasteiger partial charge in [0.15, 0.2) is 11.5 Å². The normalized spacial score (nSPS) is 11.1. The smallest absolute Gasteiger partial charge is 0.161 e. The van der Waals surface area contributed by atoms with Crippen LogP contribution in [0.1, 0.15) is 0 Å². The number of fused-ring (bicyclic) bond motifs is 3. The number of aromatic nitrogens is 2. The molecule has 0 spiro atoms. The molecule has 6 heteroatoms. The number of anilines is 2. The van der Waals surface area contributed by atoms with E-state index in [1.807, 2.05) is 36.4 Å². The van der Waals surface area contributed by atoms with Gasteiger partial charge in [-0.25, -0.2) is 0 Å². The summed E-state index contributed by atoms with van der Waals surface area (Å²) in [4.78, 5) is 0. The van der Waals surface area contributed by atoms with Gasteiger partial charge in [-0.15, -0.1) is 0 Å². The van der Waals surface area contributed by atoms with Gasteiger partial charge in [-0.1, -0.05) is 12.1 Å². The molecule has 2 aromatic carbocycles. The average molecular weight is 386 g/mol. The summed E-state index contributed by atoms with van der Waals surface area (Å²) in [5.41, 5.74) is 3.10. The van der Waals surface area contributed by atoms with Crippen molar-refractivity contribution in [3.63, 3.8) is 0 Å². The van der Waals surface area contributed by atoms with E-state index in [1.165, 1.54) is 0 Å². The predicted octanol–water partition coefficient (Wildman–Crippen LogP) is 5.12. The summed E-state index contributed by atoms with van der Waals surface area (Å²) in [6, 6.07) is 14.1. The van der Waals surface area contributed by atoms with E-state index < -0.39 is 0 Å². The molecule has 0 bridgehead atoms. The van der Waals surface area contributed by atoms with E-state index in [4.69, 9.17) is 9.47 Å². The van der Waals surface area contributed by atoms with Gasteiger partial charge in [-0.2, -0.15) is 0 Å². The van der Waals surface area contributed by atoms with Gasteiger partial charge >= 0.3 is 0 Å². The minimum absolute atomic E-state index is 0.715. The highest BCUT2D eigenvalue weighted by Crippen LogP contribution is 2.43. The molecule has 0 fully saturated rings. The van der Waals surface area contributed by atoms with Crippen LogP contribution in [0.25, 0.3) is 22.0 Å². The first-order chi connectivity index (χ1) is 11.7. The molecule has 0 radical (unpaired) electrons. The van der Waals surface area contributed by atoms with Crippen LogP contribution in [0.4, 0.5) is 11.5 Å². The van der Waals surface area contributed by atoms with Crippen molar-refractivity contribution in [3.8, 4) is 22.8 Å². The molecule has 122 valence electrons. The van der Waals surface area contributed by atoms with Crippen molar-refractivity contribution in [2.24, 2.45) is 0 Å². The third kappa shape index (κ3) is 2.30. The van der Waals surface area contributed by atoms with Crippen molar-refractivity contribution >= 4 is 38.2 Å². The number of nitrogens with one attached hydrogen (secondary N) is 3. The molecule has 2 aromatic rings. The Morgan fingerprint density at radius 2 is 1.71 bits per heavy atom. The molecule has 0 atom stereocenters. The summed E-state index contributed by atoms with van der Waals surface area (Å²) in [6.07, 6.45) is 0. The molecule has 2 aliphatic rings. The maximum atomic E-state index is 5.41. The van der Waals surface area contributed by atoms with Crippen LogP contribution in [-0.2, 0) is 0 Å². The van der Waals surface area contributed by atoms with E-state index in [0.717, 1.165) is 43.8 Å². The number of rotatable bonds is 4. The molecular weight excluding hydrogens is 370 g/mol. The summed E-state index contributed by atoms with van der Waals surface area (Å²) in [5, 5.41) is 12.0. The molecule has 4 rings (SSSR count). The maximum Gasteiger partial charge on any atom is 0.161 e. The van der Waals surface area contributed by atoms with E-state index in [1.54, 1.807) is 14.2 Å². The second-order valence-corrected chi connectivity index (χ2v) is 6.31. The highest BCUT2D eigenvalue weighted by atomic mass is 79.9. The van der Waals surface area contributed by atoms with Crippen molar-refractivity contribution in [2.45, 2.75) is 0 Å². The molecule has 0 aromatic heterocycles. The molecule has 1 aliphatic heterocycles. The summed E-state index contributed by atoms with van der Waals surface area (Å²) in [7, 11) is 3.29. The lowest BCUT2D eigenvalue weighted by atomic mass is 10.2. The van der Waals surface area contributed by atoms with E-state index >= 15 is 0 Å². The minimum atomic E-state index is 0.715. The number of benzene rings is 2. The van der Waals surface area contributed by atoms with Crippen LogP contribution in [0.2, 0.25) is 0 Å². The highest BCUT2D eigenvalue weighted by Gasteiger charge is 2.19. The molecule has 24 heavy (non-hydrogen) atoms. The summed E-state index contributed by atoms with van der Waals surface area (Å²) < 4.78 is 11.8. The van der Waals surface area contributed by atoms with Crippen LogP contribution >= 0.6 is 15.9 Å². The van der Waals surface area contributed by atoms with Gasteiger partial charge in [0, 0.05) is 15.4 Å². The zero-order valence-electron chi connectivity index (χ0n) is 13.2. The number of aromatic amines is 2. The number of H-pyrrole nitrogens is 2. The van der Waals surface area contributed by atoms with Crippen molar-refractivity contribution in [2.75, 3.05) is 19.5 Å². The third-order valence-electron chi connectivity index (χ3n) is 4.11. The van der Waals surface area contributed by atoms with Gasteiger partial charge in [-0.05, 0) is 51.6 Å². The Morgan fingerprint density at radius 3 is 2.46 bits per heavy atom. The van der Waals surface area contributed by atoms with Gasteiger partial charge < -0.3 is 14.8 Å². The fourth-order valence-electron chi connectivity index (χ4n) is 2.92. The van der Waals surface area contributed by atoms with Gasteiger partial charge in [0.2, 0.25) is 0 Å². The molecule has 0 amide bonds. The Hall–Kier alpha value is -2.60. The zero-order valence-corrected chi connectivity index (χ0v) is 14.8. The van der Waals surface area contributed by atoms with E-state index in [-0.39, 0.29) is 0 Å². The van der Waals surface area contributed by atoms with Crippen molar-refractivity contribution < 1.29 is 9.47 Å². The summed E-state index contributed by atoms with van der Waals surface area (Å²) >= 11 is 3.56. The summed E-state index contributed by atoms with van der Waals surface area (Å²) in [6.45, 7) is 0. The molecule has 0 saturated carbocycles. The van der Waals surface area contributed by atoms with Crippen molar-refractivity contribution in [1.82, 2.24) is 10.2 Å². The number of methoxy groups -OCH3 is 2. The number of hydrogen-bond acceptors (Lipinski definition) is 3. The minimum Gasteiger partial charge on any atom is -0.493 e. The topological polar surface area (TPSA) is 62.1 Å².